The van der Waals surface area contributed by atoms with Crippen LogP contribution in [0.2, 0.25) is 0 Å². The minimum absolute atomic E-state index is 0.132. The zero-order chi connectivity index (χ0) is 21.8. The molecule has 1 aliphatic rings. The van der Waals surface area contributed by atoms with Gasteiger partial charge in [0.25, 0.3) is 0 Å². The van der Waals surface area contributed by atoms with Crippen LogP contribution >= 0.6 is 15.9 Å². The van der Waals surface area contributed by atoms with Crippen molar-refractivity contribution in [1.29, 1.82) is 0 Å². The van der Waals surface area contributed by atoms with Crippen molar-refractivity contribution in [3.8, 4) is 17.2 Å². The summed E-state index contributed by atoms with van der Waals surface area (Å²) in [5.41, 5.74) is 3.81. The van der Waals surface area contributed by atoms with E-state index in [0.29, 0.717) is 18.8 Å². The number of ether oxygens (including phenoxy) is 2. The number of nitrogens with one attached hydrogen (secondary N) is 1. The lowest BCUT2D eigenvalue weighted by Crippen LogP contribution is -2.33. The maximum atomic E-state index is 10.9. The van der Waals surface area contributed by atoms with Crippen molar-refractivity contribution in [2.24, 2.45) is 4.99 Å². The fourth-order valence-corrected chi connectivity index (χ4v) is 4.06. The summed E-state index contributed by atoms with van der Waals surface area (Å²) in [5, 5.41) is 14.5. The van der Waals surface area contributed by atoms with Gasteiger partial charge in [-0.15, -0.1) is 0 Å². The van der Waals surface area contributed by atoms with Gasteiger partial charge in [-0.2, -0.15) is 0 Å². The highest BCUT2D eigenvalue weighted by Gasteiger charge is 2.28. The number of phenols is 1. The highest BCUT2D eigenvalue weighted by molar-refractivity contribution is 9.10. The lowest BCUT2D eigenvalue weighted by Gasteiger charge is -2.31. The first kappa shape index (κ1) is 21.4. The predicted molar refractivity (Wildman–Crippen MR) is 126 cm³/mol. The Kier molecular flexibility index (Phi) is 6.59. The molecule has 0 unspecified atom stereocenters. The lowest BCUT2D eigenvalue weighted by atomic mass is 9.93. The van der Waals surface area contributed by atoms with Crippen molar-refractivity contribution in [2.75, 3.05) is 13.7 Å². The molecule has 0 fully saturated rings. The molecule has 0 saturated heterocycles. The first-order chi connectivity index (χ1) is 15.1. The Balaban J connectivity index is 1.75. The summed E-state index contributed by atoms with van der Waals surface area (Å²) in [4.78, 5) is 5.01. The molecule has 0 radical (unpaired) electrons. The Hall–Kier alpha value is -2.83. The molecule has 2 N–H and O–H groups in total. The minimum Gasteiger partial charge on any atom is -0.504 e. The third kappa shape index (κ3) is 4.75. The molecule has 0 amide bonds. The summed E-state index contributed by atoms with van der Waals surface area (Å²) in [6.45, 7) is 2.40. The molecular formula is C25H25BrN2O3. The molecule has 0 spiro atoms. The van der Waals surface area contributed by atoms with Gasteiger partial charge in [0, 0.05) is 28.2 Å². The zero-order valence-electron chi connectivity index (χ0n) is 17.5. The molecule has 1 heterocycles. The molecule has 1 aliphatic heterocycles. The molecule has 4 rings (SSSR count). The predicted octanol–water partition coefficient (Wildman–Crippen LogP) is 5.78. The Labute approximate surface area is 190 Å². The average molecular weight is 481 g/mol. The summed E-state index contributed by atoms with van der Waals surface area (Å²) in [5.74, 6) is 1.45. The van der Waals surface area contributed by atoms with Crippen LogP contribution in [-0.4, -0.2) is 24.5 Å². The second kappa shape index (κ2) is 9.54. The fourth-order valence-electron chi connectivity index (χ4n) is 3.79. The van der Waals surface area contributed by atoms with Crippen LogP contribution in [0.1, 0.15) is 42.2 Å². The van der Waals surface area contributed by atoms with Crippen molar-refractivity contribution in [3.63, 3.8) is 0 Å². The SMILES string of the molecule is CCOc1cccc([C@H]2CC(c3cccc(OC)c3)=N[C@H](c3ccc(Br)cc3)N2)c1O. The molecule has 0 aliphatic carbocycles. The molecule has 0 aromatic heterocycles. The van der Waals surface area contributed by atoms with E-state index in [0.717, 1.165) is 32.6 Å². The van der Waals surface area contributed by atoms with Crippen LogP contribution in [0.3, 0.4) is 0 Å². The maximum Gasteiger partial charge on any atom is 0.162 e. The number of methoxy groups -OCH3 is 1. The Morgan fingerprint density at radius 1 is 1.10 bits per heavy atom. The van der Waals surface area contributed by atoms with Crippen LogP contribution in [0.25, 0.3) is 0 Å². The van der Waals surface area contributed by atoms with E-state index in [1.165, 1.54) is 0 Å². The lowest BCUT2D eigenvalue weighted by molar-refractivity contribution is 0.313. The van der Waals surface area contributed by atoms with Crippen LogP contribution in [-0.2, 0) is 0 Å². The highest BCUT2D eigenvalue weighted by atomic mass is 79.9. The number of hydrogen-bond donors (Lipinski definition) is 2. The van der Waals surface area contributed by atoms with Gasteiger partial charge in [-0.25, -0.2) is 0 Å². The Morgan fingerprint density at radius 3 is 2.61 bits per heavy atom. The molecule has 3 aromatic carbocycles. The van der Waals surface area contributed by atoms with Crippen molar-refractivity contribution in [2.45, 2.75) is 25.6 Å². The number of benzene rings is 3. The third-order valence-corrected chi connectivity index (χ3v) is 5.86. The number of hydrogen-bond acceptors (Lipinski definition) is 5. The molecule has 6 heteroatoms. The van der Waals surface area contributed by atoms with E-state index in [2.05, 4.69) is 21.2 Å². The summed E-state index contributed by atoms with van der Waals surface area (Å²) < 4.78 is 12.0. The third-order valence-electron chi connectivity index (χ3n) is 5.34. The van der Waals surface area contributed by atoms with E-state index in [4.69, 9.17) is 14.5 Å². The van der Waals surface area contributed by atoms with Gasteiger partial charge in [-0.3, -0.25) is 10.3 Å². The molecular weight excluding hydrogens is 456 g/mol. The average Bonchev–Trinajstić information content (AvgIpc) is 2.81. The smallest absolute Gasteiger partial charge is 0.162 e. The number of rotatable bonds is 6. The molecule has 5 nitrogen and oxygen atoms in total. The summed E-state index contributed by atoms with van der Waals surface area (Å²) in [6.07, 6.45) is 0.381. The molecule has 0 bridgehead atoms. The zero-order valence-corrected chi connectivity index (χ0v) is 19.1. The van der Waals surface area contributed by atoms with Gasteiger partial charge in [-0.1, -0.05) is 52.3 Å². The largest absolute Gasteiger partial charge is 0.504 e. The van der Waals surface area contributed by atoms with Crippen LogP contribution < -0.4 is 14.8 Å². The first-order valence-corrected chi connectivity index (χ1v) is 11.1. The van der Waals surface area contributed by atoms with Crippen LogP contribution in [0.4, 0.5) is 0 Å². The highest BCUT2D eigenvalue weighted by Crippen LogP contribution is 2.39. The van der Waals surface area contributed by atoms with E-state index in [1.807, 2.05) is 67.6 Å². The summed E-state index contributed by atoms with van der Waals surface area (Å²) in [6, 6.07) is 21.5. The van der Waals surface area contributed by atoms with Gasteiger partial charge >= 0.3 is 0 Å². The van der Waals surface area contributed by atoms with Crippen LogP contribution in [0.15, 0.2) is 76.2 Å². The fraction of sp³-hybridized carbons (Fsp3) is 0.240. The minimum atomic E-state index is -0.247. The van der Waals surface area contributed by atoms with Crippen molar-refractivity contribution in [3.05, 3.63) is 87.9 Å². The number of nitrogens with zero attached hydrogens (tertiary/aromatic N) is 1. The van der Waals surface area contributed by atoms with E-state index in [-0.39, 0.29) is 18.0 Å². The van der Waals surface area contributed by atoms with Gasteiger partial charge in [0.15, 0.2) is 11.5 Å². The number of phenolic OH excluding ortho intramolecular Hbond substituents is 1. The van der Waals surface area contributed by atoms with Gasteiger partial charge in [-0.05, 0) is 48.4 Å². The quantitative estimate of drug-likeness (QED) is 0.468. The van der Waals surface area contributed by atoms with Crippen LogP contribution in [0.5, 0.6) is 17.2 Å². The summed E-state index contributed by atoms with van der Waals surface area (Å²) in [7, 11) is 1.66. The van der Waals surface area contributed by atoms with E-state index >= 15 is 0 Å². The van der Waals surface area contributed by atoms with E-state index < -0.39 is 0 Å². The molecule has 0 saturated carbocycles. The van der Waals surface area contributed by atoms with E-state index in [1.54, 1.807) is 13.2 Å². The number of aliphatic imine (C=N–C) groups is 1. The van der Waals surface area contributed by atoms with Gasteiger partial charge < -0.3 is 14.6 Å². The standard InChI is InChI=1S/C25H25BrN2O3/c1-3-31-23-9-5-8-20(24(23)29)22-15-21(17-6-4-7-19(14-17)30-2)27-25(28-22)16-10-12-18(26)13-11-16/h4-14,22,25,28-29H,3,15H2,1-2H3/t22-,25+/m1/s1. The van der Waals surface area contributed by atoms with Crippen molar-refractivity contribution in [1.82, 2.24) is 5.32 Å². The first-order valence-electron chi connectivity index (χ1n) is 10.3. The molecule has 2 atom stereocenters. The normalized spacial score (nSPS) is 18.4. The second-order valence-electron chi connectivity index (χ2n) is 7.31. The van der Waals surface area contributed by atoms with E-state index in [9.17, 15) is 5.11 Å². The molecule has 160 valence electrons. The monoisotopic (exact) mass is 480 g/mol. The molecule has 3 aromatic rings. The van der Waals surface area contributed by atoms with Gasteiger partial charge in [0.2, 0.25) is 0 Å². The number of para-hydroxylation sites is 1. The van der Waals surface area contributed by atoms with Gasteiger partial charge in [0.05, 0.1) is 13.7 Å². The Bertz CT molecular complexity index is 1080. The Morgan fingerprint density at radius 2 is 1.87 bits per heavy atom. The second-order valence-corrected chi connectivity index (χ2v) is 8.23. The number of aromatic hydroxyl groups is 1. The number of halogens is 1. The maximum absolute atomic E-state index is 10.9. The topological polar surface area (TPSA) is 63.1 Å². The van der Waals surface area contributed by atoms with Gasteiger partial charge in [0.1, 0.15) is 11.9 Å². The summed E-state index contributed by atoms with van der Waals surface area (Å²) >= 11 is 3.50. The van der Waals surface area contributed by atoms with Crippen molar-refractivity contribution >= 4 is 21.6 Å². The van der Waals surface area contributed by atoms with Crippen molar-refractivity contribution < 1.29 is 14.6 Å². The molecule has 31 heavy (non-hydrogen) atoms. The van der Waals surface area contributed by atoms with Crippen LogP contribution in [0, 0.1) is 0 Å².